The Balaban J connectivity index is 1.45. The molecular formula is C24H36O3. The van der Waals surface area contributed by atoms with E-state index in [1.807, 2.05) is 0 Å². The largest absolute Gasteiger partial charge is 0.348 e. The van der Waals surface area contributed by atoms with E-state index in [-0.39, 0.29) is 11.2 Å². The third-order valence-corrected chi connectivity index (χ3v) is 9.72. The maximum atomic E-state index is 12.1. The van der Waals surface area contributed by atoms with Crippen LogP contribution in [0.4, 0.5) is 0 Å². The average Bonchev–Trinajstić information content (AvgIpc) is 3.19. The third kappa shape index (κ3) is 2.56. The Hall–Kier alpha value is -0.670. The van der Waals surface area contributed by atoms with Gasteiger partial charge in [0.2, 0.25) is 0 Å². The van der Waals surface area contributed by atoms with Crippen LogP contribution in [0, 0.1) is 34.5 Å². The Morgan fingerprint density at radius 2 is 1.70 bits per heavy atom. The minimum Gasteiger partial charge on any atom is -0.348 e. The lowest BCUT2D eigenvalue weighted by molar-refractivity contribution is -0.214. The summed E-state index contributed by atoms with van der Waals surface area (Å²) in [7, 11) is 0. The first-order valence-electron chi connectivity index (χ1n) is 11.4. The molecule has 0 unspecified atom stereocenters. The molecule has 3 nitrogen and oxygen atoms in total. The van der Waals surface area contributed by atoms with Crippen molar-refractivity contribution < 1.29 is 14.3 Å². The van der Waals surface area contributed by atoms with Gasteiger partial charge < -0.3 is 9.47 Å². The lowest BCUT2D eigenvalue weighted by Gasteiger charge is -2.57. The molecule has 0 bridgehead atoms. The molecule has 5 aliphatic rings. The predicted octanol–water partition coefficient (Wildman–Crippen LogP) is 5.29. The van der Waals surface area contributed by atoms with Crippen LogP contribution in [-0.2, 0) is 14.3 Å². The second-order valence-corrected chi connectivity index (χ2v) is 10.7. The monoisotopic (exact) mass is 372 g/mol. The fourth-order valence-corrected chi connectivity index (χ4v) is 8.28. The normalized spacial score (nSPS) is 49.0. The smallest absolute Gasteiger partial charge is 0.169 e. The van der Waals surface area contributed by atoms with Gasteiger partial charge in [-0.2, -0.15) is 0 Å². The van der Waals surface area contributed by atoms with Crippen LogP contribution in [-0.4, -0.2) is 24.8 Å². The van der Waals surface area contributed by atoms with Crippen LogP contribution in [0.1, 0.15) is 78.6 Å². The van der Waals surface area contributed by atoms with Gasteiger partial charge >= 0.3 is 0 Å². The van der Waals surface area contributed by atoms with E-state index in [0.29, 0.717) is 17.1 Å². The fourth-order valence-electron chi connectivity index (χ4n) is 8.28. The number of rotatable bonds is 1. The predicted molar refractivity (Wildman–Crippen MR) is 105 cm³/mol. The van der Waals surface area contributed by atoms with Crippen molar-refractivity contribution in [3.63, 3.8) is 0 Å². The van der Waals surface area contributed by atoms with Crippen molar-refractivity contribution in [2.24, 2.45) is 34.5 Å². The average molecular weight is 373 g/mol. The number of fused-ring (bicyclic) bond motifs is 5. The summed E-state index contributed by atoms with van der Waals surface area (Å²) >= 11 is 0. The van der Waals surface area contributed by atoms with Crippen LogP contribution in [0.3, 0.4) is 0 Å². The first kappa shape index (κ1) is 18.4. The first-order valence-corrected chi connectivity index (χ1v) is 11.4. The maximum Gasteiger partial charge on any atom is 0.169 e. The lowest BCUT2D eigenvalue weighted by atomic mass is 9.48. The summed E-state index contributed by atoms with van der Waals surface area (Å²) in [4.78, 5) is 12.1. The van der Waals surface area contributed by atoms with Gasteiger partial charge in [0.1, 0.15) is 5.78 Å². The molecule has 3 saturated carbocycles. The van der Waals surface area contributed by atoms with E-state index < -0.39 is 0 Å². The molecule has 0 amide bonds. The number of hydrogen-bond acceptors (Lipinski definition) is 3. The summed E-state index contributed by atoms with van der Waals surface area (Å²) in [5.74, 6) is 2.95. The molecule has 3 heteroatoms. The van der Waals surface area contributed by atoms with Gasteiger partial charge in [0.05, 0.1) is 13.2 Å². The molecule has 6 atom stereocenters. The molecule has 4 aliphatic carbocycles. The summed E-state index contributed by atoms with van der Waals surface area (Å²) in [6.45, 7) is 8.73. The number of hydrogen-bond donors (Lipinski definition) is 0. The summed E-state index contributed by atoms with van der Waals surface area (Å²) in [5, 5.41) is 0. The van der Waals surface area contributed by atoms with Crippen molar-refractivity contribution >= 4 is 5.78 Å². The Kier molecular flexibility index (Phi) is 4.19. The highest BCUT2D eigenvalue weighted by atomic mass is 16.7. The highest BCUT2D eigenvalue weighted by Gasteiger charge is 2.62. The van der Waals surface area contributed by atoms with Crippen molar-refractivity contribution in [2.75, 3.05) is 13.2 Å². The van der Waals surface area contributed by atoms with E-state index in [1.165, 1.54) is 32.1 Å². The summed E-state index contributed by atoms with van der Waals surface area (Å²) in [6, 6.07) is 0. The molecular weight excluding hydrogens is 336 g/mol. The van der Waals surface area contributed by atoms with Gasteiger partial charge in [-0.15, -0.1) is 0 Å². The highest BCUT2D eigenvalue weighted by Crippen LogP contribution is 2.67. The number of carbonyl (C=O) groups excluding carboxylic acids is 1. The molecule has 0 N–H and O–H groups in total. The van der Waals surface area contributed by atoms with Crippen molar-refractivity contribution in [3.05, 3.63) is 11.6 Å². The van der Waals surface area contributed by atoms with Crippen LogP contribution >= 0.6 is 0 Å². The summed E-state index contributed by atoms with van der Waals surface area (Å²) in [6.07, 6.45) is 12.6. The minimum absolute atomic E-state index is 0.263. The molecule has 1 saturated heterocycles. The molecule has 5 rings (SSSR count). The van der Waals surface area contributed by atoms with Gasteiger partial charge in [-0.1, -0.05) is 25.5 Å². The van der Waals surface area contributed by atoms with Gasteiger partial charge in [-0.25, -0.2) is 0 Å². The second kappa shape index (κ2) is 6.16. The SMILES string of the molecule is CC1([C@H]2CC[C@H]3[C@@H]4CC=C5CCC(=O)CC[C@]5(C)[C@H]4CC[C@]23C)OCCO1. The van der Waals surface area contributed by atoms with Crippen molar-refractivity contribution in [3.8, 4) is 0 Å². The molecule has 0 aromatic heterocycles. The zero-order valence-corrected chi connectivity index (χ0v) is 17.4. The number of ether oxygens (including phenoxy) is 2. The minimum atomic E-state index is -0.370. The van der Waals surface area contributed by atoms with E-state index in [0.717, 1.165) is 56.7 Å². The molecule has 4 fully saturated rings. The van der Waals surface area contributed by atoms with Crippen LogP contribution in [0.15, 0.2) is 11.6 Å². The molecule has 150 valence electrons. The number of carbonyl (C=O) groups is 1. The van der Waals surface area contributed by atoms with E-state index in [4.69, 9.17) is 9.47 Å². The highest BCUT2D eigenvalue weighted by molar-refractivity contribution is 5.79. The molecule has 0 aromatic carbocycles. The lowest BCUT2D eigenvalue weighted by Crippen LogP contribution is -2.52. The zero-order chi connectivity index (χ0) is 18.9. The van der Waals surface area contributed by atoms with Gasteiger partial charge in [-0.05, 0) is 80.5 Å². The standard InChI is InChI=1S/C24H36O3/c1-22-12-10-17(25)6-4-16(22)5-7-18-19-8-9-21(24(3)26-14-15-27-24)23(19,2)13-11-20(18)22/h5,18-21H,4,6-15H2,1-3H3/t18-,19-,20-,21-,22-,23-/m0/s1. The van der Waals surface area contributed by atoms with Gasteiger partial charge in [-0.3, -0.25) is 4.79 Å². The maximum absolute atomic E-state index is 12.1. The van der Waals surface area contributed by atoms with Crippen molar-refractivity contribution in [2.45, 2.75) is 84.3 Å². The van der Waals surface area contributed by atoms with Crippen molar-refractivity contribution in [1.82, 2.24) is 0 Å². The van der Waals surface area contributed by atoms with Gasteiger partial charge in [0.25, 0.3) is 0 Å². The van der Waals surface area contributed by atoms with Gasteiger partial charge in [0, 0.05) is 18.8 Å². The van der Waals surface area contributed by atoms with Crippen LogP contribution < -0.4 is 0 Å². The Labute approximate surface area is 164 Å². The topological polar surface area (TPSA) is 35.5 Å². The molecule has 27 heavy (non-hydrogen) atoms. The Morgan fingerprint density at radius 1 is 0.926 bits per heavy atom. The van der Waals surface area contributed by atoms with E-state index in [1.54, 1.807) is 5.57 Å². The van der Waals surface area contributed by atoms with Crippen LogP contribution in [0.2, 0.25) is 0 Å². The third-order valence-electron chi connectivity index (χ3n) is 9.72. The fraction of sp³-hybridized carbons (Fsp3) is 0.875. The Bertz CT molecular complexity index is 661. The Morgan fingerprint density at radius 3 is 2.48 bits per heavy atom. The number of allylic oxidation sites excluding steroid dienone is 2. The summed E-state index contributed by atoms with van der Waals surface area (Å²) in [5.41, 5.74) is 2.21. The molecule has 0 spiro atoms. The summed E-state index contributed by atoms with van der Waals surface area (Å²) < 4.78 is 12.3. The van der Waals surface area contributed by atoms with E-state index in [9.17, 15) is 4.79 Å². The molecule has 0 radical (unpaired) electrons. The van der Waals surface area contributed by atoms with E-state index >= 15 is 0 Å². The second-order valence-electron chi connectivity index (χ2n) is 10.7. The first-order chi connectivity index (χ1) is 12.9. The van der Waals surface area contributed by atoms with E-state index in [2.05, 4.69) is 26.8 Å². The van der Waals surface area contributed by atoms with Crippen LogP contribution in [0.25, 0.3) is 0 Å². The number of Topliss-reactive ketones (excluding diaryl/α,β-unsaturated/α-hetero) is 1. The number of ketones is 1. The molecule has 1 heterocycles. The quantitative estimate of drug-likeness (QED) is 0.587. The molecule has 0 aromatic rings. The molecule has 1 aliphatic heterocycles. The zero-order valence-electron chi connectivity index (χ0n) is 17.4. The van der Waals surface area contributed by atoms with Crippen LogP contribution in [0.5, 0.6) is 0 Å². The van der Waals surface area contributed by atoms with Crippen molar-refractivity contribution in [1.29, 1.82) is 0 Å². The van der Waals surface area contributed by atoms with Gasteiger partial charge in [0.15, 0.2) is 5.79 Å².